The number of urea groups is 1. The Bertz CT molecular complexity index is 313. The van der Waals surface area contributed by atoms with Gasteiger partial charge in [0.2, 0.25) is 0 Å². The maximum Gasteiger partial charge on any atom is 0.317 e. The Morgan fingerprint density at radius 1 is 1.06 bits per heavy atom. The van der Waals surface area contributed by atoms with E-state index in [4.69, 9.17) is 5.11 Å². The van der Waals surface area contributed by atoms with Crippen LogP contribution in [0.4, 0.5) is 4.79 Å². The van der Waals surface area contributed by atoms with Crippen LogP contribution in [0.15, 0.2) is 0 Å². The number of carboxylic acid groups (broad SMARTS) is 1. The summed E-state index contributed by atoms with van der Waals surface area (Å²) in [6, 6.07) is 0.212. The van der Waals surface area contributed by atoms with Crippen LogP contribution in [-0.4, -0.2) is 41.1 Å². The van der Waals surface area contributed by atoms with Gasteiger partial charge < -0.3 is 15.3 Å². The number of nitrogens with one attached hydrogen (secondary N) is 1. The molecule has 0 aromatic carbocycles. The summed E-state index contributed by atoms with van der Waals surface area (Å²) >= 11 is 0. The predicted octanol–water partition coefficient (Wildman–Crippen LogP) is 1.83. The van der Waals surface area contributed by atoms with Crippen LogP contribution >= 0.6 is 0 Å². The second kappa shape index (κ2) is 6.07. The molecule has 1 saturated carbocycles. The second-order valence-corrected chi connectivity index (χ2v) is 5.41. The van der Waals surface area contributed by atoms with Crippen molar-refractivity contribution in [3.63, 3.8) is 0 Å². The molecule has 0 aromatic rings. The molecule has 1 aliphatic heterocycles. The first-order valence-electron chi connectivity index (χ1n) is 6.95. The van der Waals surface area contributed by atoms with Gasteiger partial charge in [0.05, 0.1) is 5.92 Å². The van der Waals surface area contributed by atoms with Crippen LogP contribution in [-0.2, 0) is 4.79 Å². The lowest BCUT2D eigenvalue weighted by molar-refractivity contribution is -0.143. The number of amides is 2. The molecular weight excluding hydrogens is 232 g/mol. The third-order valence-electron chi connectivity index (χ3n) is 3.99. The third-order valence-corrected chi connectivity index (χ3v) is 3.99. The number of likely N-dealkylation sites (tertiary alicyclic amines) is 1. The summed E-state index contributed by atoms with van der Waals surface area (Å²) in [5.41, 5.74) is 0. The van der Waals surface area contributed by atoms with Gasteiger partial charge in [-0.05, 0) is 25.7 Å². The second-order valence-electron chi connectivity index (χ2n) is 5.41. The van der Waals surface area contributed by atoms with Gasteiger partial charge in [-0.25, -0.2) is 4.79 Å². The van der Waals surface area contributed by atoms with E-state index in [1.54, 1.807) is 4.90 Å². The Morgan fingerprint density at radius 2 is 1.78 bits per heavy atom. The average molecular weight is 254 g/mol. The zero-order valence-corrected chi connectivity index (χ0v) is 10.7. The fourth-order valence-electron chi connectivity index (χ4n) is 2.88. The van der Waals surface area contributed by atoms with Crippen molar-refractivity contribution < 1.29 is 14.7 Å². The highest BCUT2D eigenvalue weighted by Gasteiger charge is 2.29. The first kappa shape index (κ1) is 13.2. The molecule has 5 nitrogen and oxygen atoms in total. The molecule has 1 atom stereocenters. The molecule has 102 valence electrons. The number of hydrogen-bond donors (Lipinski definition) is 2. The highest BCUT2D eigenvalue weighted by molar-refractivity contribution is 5.76. The number of rotatable bonds is 2. The molecule has 0 aromatic heterocycles. The topological polar surface area (TPSA) is 69.6 Å². The number of piperidine rings is 1. The number of aliphatic carboxylic acids is 1. The van der Waals surface area contributed by atoms with E-state index >= 15 is 0 Å². The van der Waals surface area contributed by atoms with Crippen LogP contribution in [0.5, 0.6) is 0 Å². The zero-order chi connectivity index (χ0) is 13.0. The van der Waals surface area contributed by atoms with Crippen molar-refractivity contribution in [2.24, 2.45) is 5.92 Å². The van der Waals surface area contributed by atoms with Crippen molar-refractivity contribution in [2.45, 2.75) is 51.0 Å². The monoisotopic (exact) mass is 254 g/mol. The van der Waals surface area contributed by atoms with E-state index in [-0.39, 0.29) is 12.1 Å². The molecule has 5 heteroatoms. The fourth-order valence-corrected chi connectivity index (χ4v) is 2.88. The Hall–Kier alpha value is -1.26. The number of carboxylic acids is 1. The molecule has 1 aliphatic carbocycles. The maximum absolute atomic E-state index is 12.1. The normalized spacial score (nSPS) is 25.8. The standard InChI is InChI=1S/C13H22N2O3/c16-12(17)10-5-4-8-15(9-10)13(18)14-11-6-2-1-3-7-11/h10-11H,1-9H2,(H,14,18)(H,16,17)/t10-/m0/s1. The van der Waals surface area contributed by atoms with E-state index in [2.05, 4.69) is 5.32 Å². The van der Waals surface area contributed by atoms with Crippen molar-refractivity contribution in [3.8, 4) is 0 Å². The van der Waals surface area contributed by atoms with Crippen LogP contribution in [0.2, 0.25) is 0 Å². The van der Waals surface area contributed by atoms with Crippen molar-refractivity contribution in [1.82, 2.24) is 10.2 Å². The first-order valence-corrected chi connectivity index (χ1v) is 6.95. The van der Waals surface area contributed by atoms with Gasteiger partial charge in [0.15, 0.2) is 0 Å². The minimum atomic E-state index is -0.787. The Labute approximate surface area is 108 Å². The largest absolute Gasteiger partial charge is 0.481 e. The van der Waals surface area contributed by atoms with E-state index in [0.29, 0.717) is 19.5 Å². The molecule has 1 heterocycles. The van der Waals surface area contributed by atoms with E-state index in [0.717, 1.165) is 19.3 Å². The number of carbonyl (C=O) groups is 2. The van der Waals surface area contributed by atoms with Crippen molar-refractivity contribution in [2.75, 3.05) is 13.1 Å². The lowest BCUT2D eigenvalue weighted by Gasteiger charge is -2.33. The van der Waals surface area contributed by atoms with Crippen molar-refractivity contribution in [3.05, 3.63) is 0 Å². The summed E-state index contributed by atoms with van der Waals surface area (Å²) in [6.45, 7) is 1.04. The fraction of sp³-hybridized carbons (Fsp3) is 0.846. The van der Waals surface area contributed by atoms with Crippen LogP contribution in [0.25, 0.3) is 0 Å². The molecule has 18 heavy (non-hydrogen) atoms. The summed E-state index contributed by atoms with van der Waals surface area (Å²) in [5.74, 6) is -1.18. The molecule has 1 saturated heterocycles. The van der Waals surface area contributed by atoms with E-state index in [1.165, 1.54) is 19.3 Å². The molecule has 2 aliphatic rings. The highest BCUT2D eigenvalue weighted by Crippen LogP contribution is 2.19. The summed E-state index contributed by atoms with van der Waals surface area (Å²) in [7, 11) is 0. The summed E-state index contributed by atoms with van der Waals surface area (Å²) in [4.78, 5) is 24.7. The molecule has 2 fully saturated rings. The Kier molecular flexibility index (Phi) is 4.44. The molecular formula is C13H22N2O3. The van der Waals surface area contributed by atoms with E-state index in [9.17, 15) is 9.59 Å². The van der Waals surface area contributed by atoms with E-state index < -0.39 is 11.9 Å². The van der Waals surface area contributed by atoms with Crippen LogP contribution in [0.1, 0.15) is 44.9 Å². The Morgan fingerprint density at radius 3 is 2.44 bits per heavy atom. The quantitative estimate of drug-likeness (QED) is 0.789. The van der Waals surface area contributed by atoms with Gasteiger partial charge in [0.25, 0.3) is 0 Å². The molecule has 0 radical (unpaired) electrons. The van der Waals surface area contributed by atoms with Gasteiger partial charge in [0.1, 0.15) is 0 Å². The SMILES string of the molecule is O=C(O)[C@H]1CCCN(C(=O)NC2CCCCC2)C1. The van der Waals surface area contributed by atoms with Gasteiger partial charge in [0, 0.05) is 19.1 Å². The molecule has 2 N–H and O–H groups in total. The molecule has 2 rings (SSSR count). The molecule has 0 spiro atoms. The van der Waals surface area contributed by atoms with E-state index in [1.807, 2.05) is 0 Å². The minimum Gasteiger partial charge on any atom is -0.481 e. The predicted molar refractivity (Wildman–Crippen MR) is 67.3 cm³/mol. The van der Waals surface area contributed by atoms with Crippen molar-refractivity contribution in [1.29, 1.82) is 0 Å². The molecule has 2 amide bonds. The number of nitrogens with zero attached hydrogens (tertiary/aromatic N) is 1. The smallest absolute Gasteiger partial charge is 0.317 e. The number of carbonyl (C=O) groups excluding carboxylic acids is 1. The highest BCUT2D eigenvalue weighted by atomic mass is 16.4. The van der Waals surface area contributed by atoms with Gasteiger partial charge in [-0.2, -0.15) is 0 Å². The number of hydrogen-bond acceptors (Lipinski definition) is 2. The van der Waals surface area contributed by atoms with Crippen LogP contribution in [0, 0.1) is 5.92 Å². The van der Waals surface area contributed by atoms with Gasteiger partial charge in [-0.1, -0.05) is 19.3 Å². The Balaban J connectivity index is 1.82. The lowest BCUT2D eigenvalue weighted by atomic mass is 9.95. The maximum atomic E-state index is 12.1. The van der Waals surface area contributed by atoms with Gasteiger partial charge >= 0.3 is 12.0 Å². The van der Waals surface area contributed by atoms with Gasteiger partial charge in [-0.15, -0.1) is 0 Å². The average Bonchev–Trinajstić information content (AvgIpc) is 2.40. The minimum absolute atomic E-state index is 0.0761. The lowest BCUT2D eigenvalue weighted by Crippen LogP contribution is -2.50. The molecule has 0 bridgehead atoms. The molecule has 0 unspecified atom stereocenters. The van der Waals surface area contributed by atoms with Crippen LogP contribution in [0.3, 0.4) is 0 Å². The zero-order valence-electron chi connectivity index (χ0n) is 10.7. The van der Waals surface area contributed by atoms with Crippen molar-refractivity contribution >= 4 is 12.0 Å². The summed E-state index contributed by atoms with van der Waals surface area (Å²) in [5, 5.41) is 12.0. The summed E-state index contributed by atoms with van der Waals surface area (Å²) < 4.78 is 0. The summed E-state index contributed by atoms with van der Waals surface area (Å²) in [6.07, 6.45) is 7.21. The van der Waals surface area contributed by atoms with Crippen LogP contribution < -0.4 is 5.32 Å². The van der Waals surface area contributed by atoms with Gasteiger partial charge in [-0.3, -0.25) is 4.79 Å². The first-order chi connectivity index (χ1) is 8.66. The third kappa shape index (κ3) is 3.37.